The smallest absolute Gasteiger partial charge is 0.328 e. The van der Waals surface area contributed by atoms with Crippen molar-refractivity contribution >= 4 is 16.7 Å². The Bertz CT molecular complexity index is 1220. The van der Waals surface area contributed by atoms with Gasteiger partial charge in [0, 0.05) is 41.4 Å². The molecule has 2 aromatic carbocycles. The maximum absolute atomic E-state index is 12.9. The molecule has 0 aliphatic carbocycles. The molecule has 0 bridgehead atoms. The van der Waals surface area contributed by atoms with Gasteiger partial charge in [-0.3, -0.25) is 19.1 Å². The van der Waals surface area contributed by atoms with E-state index in [1.165, 1.54) is 15.7 Å². The summed E-state index contributed by atoms with van der Waals surface area (Å²) in [5.41, 5.74) is 0.822. The van der Waals surface area contributed by atoms with Crippen molar-refractivity contribution in [2.75, 3.05) is 6.54 Å². The van der Waals surface area contributed by atoms with E-state index in [9.17, 15) is 19.5 Å². The summed E-state index contributed by atoms with van der Waals surface area (Å²) >= 11 is 0. The molecule has 7 heteroatoms. The third-order valence-electron chi connectivity index (χ3n) is 4.96. The molecular formula is C21H19N3O4. The highest BCUT2D eigenvalue weighted by atomic mass is 16.3. The van der Waals surface area contributed by atoms with E-state index in [1.807, 2.05) is 30.3 Å². The van der Waals surface area contributed by atoms with Crippen molar-refractivity contribution in [1.29, 1.82) is 0 Å². The second-order valence-electron chi connectivity index (χ2n) is 6.78. The number of carbonyl (C=O) groups is 1. The molecule has 0 saturated heterocycles. The summed E-state index contributed by atoms with van der Waals surface area (Å²) in [6.45, 7) is 2.07. The highest BCUT2D eigenvalue weighted by Gasteiger charge is 2.31. The van der Waals surface area contributed by atoms with Crippen LogP contribution in [0.3, 0.4) is 0 Å². The standard InChI is InChI=1S/C21H19N3O4/c1-13-12-23(21(28)22-18(13)25)10-2-3-11-24-19(26)15-8-4-6-14-7-5-9-16(17(14)15)20(24)27/h2-9,12,19,26H,10-11H2,1H3,(H,22,25,28)/b3-2-. The van der Waals surface area contributed by atoms with Crippen LogP contribution < -0.4 is 11.2 Å². The number of aliphatic hydroxyl groups is 1. The van der Waals surface area contributed by atoms with Crippen LogP contribution in [0.1, 0.15) is 27.7 Å². The van der Waals surface area contributed by atoms with Gasteiger partial charge >= 0.3 is 5.69 Å². The number of H-pyrrole nitrogens is 1. The summed E-state index contributed by atoms with van der Waals surface area (Å²) < 4.78 is 1.37. The second-order valence-corrected chi connectivity index (χ2v) is 6.78. The molecule has 7 nitrogen and oxygen atoms in total. The molecule has 142 valence electrons. The number of carbonyl (C=O) groups excluding carboxylic acids is 1. The van der Waals surface area contributed by atoms with Crippen molar-refractivity contribution in [2.45, 2.75) is 19.7 Å². The fraction of sp³-hybridized carbons (Fsp3) is 0.190. The number of hydrogen-bond acceptors (Lipinski definition) is 4. The predicted octanol–water partition coefficient (Wildman–Crippen LogP) is 1.70. The van der Waals surface area contributed by atoms with Crippen molar-refractivity contribution < 1.29 is 9.90 Å². The Morgan fingerprint density at radius 3 is 2.57 bits per heavy atom. The summed E-state index contributed by atoms with van der Waals surface area (Å²) in [6.07, 6.45) is 3.90. The molecule has 0 radical (unpaired) electrons. The number of rotatable bonds is 4. The molecule has 2 heterocycles. The number of aryl methyl sites for hydroxylation is 1. The average Bonchev–Trinajstić information content (AvgIpc) is 2.69. The number of aromatic amines is 1. The number of allylic oxidation sites excluding steroid dienone is 1. The summed E-state index contributed by atoms with van der Waals surface area (Å²) in [5.74, 6) is -0.237. The van der Waals surface area contributed by atoms with E-state index in [1.54, 1.807) is 25.1 Å². The molecule has 3 aromatic rings. The lowest BCUT2D eigenvalue weighted by atomic mass is 9.93. The molecule has 4 rings (SSSR count). The van der Waals surface area contributed by atoms with Crippen molar-refractivity contribution in [2.24, 2.45) is 0 Å². The number of hydrogen-bond donors (Lipinski definition) is 2. The largest absolute Gasteiger partial charge is 0.369 e. The average molecular weight is 377 g/mol. The van der Waals surface area contributed by atoms with Crippen molar-refractivity contribution in [3.05, 3.63) is 92.3 Å². The molecular weight excluding hydrogens is 358 g/mol. The highest BCUT2D eigenvalue weighted by molar-refractivity contribution is 6.10. The maximum Gasteiger partial charge on any atom is 0.328 e. The zero-order valence-corrected chi connectivity index (χ0v) is 15.3. The third kappa shape index (κ3) is 2.95. The molecule has 1 unspecified atom stereocenters. The monoisotopic (exact) mass is 377 g/mol. The third-order valence-corrected chi connectivity index (χ3v) is 4.96. The minimum absolute atomic E-state index is 0.196. The zero-order valence-electron chi connectivity index (χ0n) is 15.3. The van der Waals surface area contributed by atoms with E-state index in [2.05, 4.69) is 4.98 Å². The molecule has 28 heavy (non-hydrogen) atoms. The van der Waals surface area contributed by atoms with Crippen molar-refractivity contribution in [3.63, 3.8) is 0 Å². The van der Waals surface area contributed by atoms with Gasteiger partial charge in [0.05, 0.1) is 0 Å². The fourth-order valence-corrected chi connectivity index (χ4v) is 3.51. The van der Waals surface area contributed by atoms with E-state index in [-0.39, 0.29) is 19.0 Å². The highest BCUT2D eigenvalue weighted by Crippen LogP contribution is 2.35. The van der Waals surface area contributed by atoms with Gasteiger partial charge in [0.2, 0.25) is 0 Å². The number of aliphatic hydroxyl groups excluding tert-OH is 1. The molecule has 2 N–H and O–H groups in total. The van der Waals surface area contributed by atoms with Gasteiger partial charge in [-0.15, -0.1) is 0 Å². The van der Waals surface area contributed by atoms with Crippen molar-refractivity contribution in [3.8, 4) is 0 Å². The Kier molecular flexibility index (Phi) is 4.44. The van der Waals surface area contributed by atoms with Crippen LogP contribution in [-0.2, 0) is 6.54 Å². The van der Waals surface area contributed by atoms with E-state index in [4.69, 9.17) is 0 Å². The van der Waals surface area contributed by atoms with E-state index < -0.39 is 17.5 Å². The van der Waals surface area contributed by atoms with Crippen LogP contribution in [0.25, 0.3) is 10.8 Å². The molecule has 1 atom stereocenters. The number of amides is 1. The lowest BCUT2D eigenvalue weighted by Gasteiger charge is -2.33. The summed E-state index contributed by atoms with van der Waals surface area (Å²) in [7, 11) is 0. The zero-order chi connectivity index (χ0) is 19.8. The van der Waals surface area contributed by atoms with Crippen LogP contribution >= 0.6 is 0 Å². The van der Waals surface area contributed by atoms with Gasteiger partial charge in [-0.2, -0.15) is 0 Å². The molecule has 1 aliphatic rings. The maximum atomic E-state index is 12.9. The summed E-state index contributed by atoms with van der Waals surface area (Å²) in [5, 5.41) is 12.4. The van der Waals surface area contributed by atoms with Gasteiger partial charge in [0.25, 0.3) is 11.5 Å². The molecule has 0 spiro atoms. The first-order valence-electron chi connectivity index (χ1n) is 8.93. The van der Waals surface area contributed by atoms with Gasteiger partial charge in [0.1, 0.15) is 0 Å². The van der Waals surface area contributed by atoms with Gasteiger partial charge in [0.15, 0.2) is 6.23 Å². The summed E-state index contributed by atoms with van der Waals surface area (Å²) in [6, 6.07) is 11.1. The van der Waals surface area contributed by atoms with Crippen LogP contribution in [0.15, 0.2) is 64.3 Å². The first-order valence-corrected chi connectivity index (χ1v) is 8.93. The molecule has 0 saturated carbocycles. The predicted molar refractivity (Wildman–Crippen MR) is 105 cm³/mol. The van der Waals surface area contributed by atoms with Crippen LogP contribution in [-0.4, -0.2) is 32.0 Å². The Hall–Kier alpha value is -3.45. The number of aromatic nitrogens is 2. The first kappa shape index (κ1) is 17.9. The minimum atomic E-state index is -1.03. The number of nitrogens with zero attached hydrogens (tertiary/aromatic N) is 2. The number of nitrogens with one attached hydrogen (secondary N) is 1. The van der Waals surface area contributed by atoms with Crippen LogP contribution in [0.4, 0.5) is 0 Å². The Morgan fingerprint density at radius 1 is 1.07 bits per heavy atom. The summed E-state index contributed by atoms with van der Waals surface area (Å²) in [4.78, 5) is 39.7. The lowest BCUT2D eigenvalue weighted by molar-refractivity contribution is 0.0103. The van der Waals surface area contributed by atoms with E-state index in [0.717, 1.165) is 10.8 Å². The first-order chi connectivity index (χ1) is 13.5. The van der Waals surface area contributed by atoms with Gasteiger partial charge in [-0.05, 0) is 18.4 Å². The van der Waals surface area contributed by atoms with Crippen LogP contribution in [0, 0.1) is 6.92 Å². The second kappa shape index (κ2) is 6.94. The Labute approximate surface area is 160 Å². The minimum Gasteiger partial charge on any atom is -0.369 e. The van der Waals surface area contributed by atoms with E-state index in [0.29, 0.717) is 16.7 Å². The lowest BCUT2D eigenvalue weighted by Crippen LogP contribution is -2.38. The van der Waals surface area contributed by atoms with Gasteiger partial charge < -0.3 is 10.0 Å². The molecule has 1 aliphatic heterocycles. The van der Waals surface area contributed by atoms with Crippen molar-refractivity contribution in [1.82, 2.24) is 14.5 Å². The molecule has 1 amide bonds. The Balaban J connectivity index is 1.56. The Morgan fingerprint density at radius 2 is 1.79 bits per heavy atom. The quantitative estimate of drug-likeness (QED) is 0.677. The van der Waals surface area contributed by atoms with Crippen LogP contribution in [0.5, 0.6) is 0 Å². The molecule has 1 aromatic heterocycles. The fourth-order valence-electron chi connectivity index (χ4n) is 3.51. The van der Waals surface area contributed by atoms with E-state index >= 15 is 0 Å². The number of benzene rings is 2. The van der Waals surface area contributed by atoms with Gasteiger partial charge in [-0.1, -0.05) is 42.5 Å². The topological polar surface area (TPSA) is 95.4 Å². The SMILES string of the molecule is Cc1cn(C/C=C\CN2C(=O)c3cccc4cccc(c34)C2O)c(=O)[nH]c1=O. The van der Waals surface area contributed by atoms with Crippen LogP contribution in [0.2, 0.25) is 0 Å². The van der Waals surface area contributed by atoms with Gasteiger partial charge in [-0.25, -0.2) is 4.79 Å². The normalized spacial score (nSPS) is 16.3. The molecule has 0 fully saturated rings.